The highest BCUT2D eigenvalue weighted by Crippen LogP contribution is 2.09. The third kappa shape index (κ3) is 5.63. The van der Waals surface area contributed by atoms with Gasteiger partial charge in [-0.15, -0.1) is 0 Å². The van der Waals surface area contributed by atoms with Crippen molar-refractivity contribution in [3.8, 4) is 0 Å². The van der Waals surface area contributed by atoms with Crippen LogP contribution in [0.4, 0.5) is 0 Å². The number of nitrogens with one attached hydrogen (secondary N) is 1. The molecule has 5 nitrogen and oxygen atoms in total. The van der Waals surface area contributed by atoms with Crippen LogP contribution < -0.4 is 11.1 Å². The van der Waals surface area contributed by atoms with Gasteiger partial charge in [0.2, 0.25) is 5.91 Å². The Bertz CT molecular complexity index is 465. The Kier molecular flexibility index (Phi) is 7.11. The molecule has 0 aliphatic rings. The molecule has 1 atom stereocenters. The maximum absolute atomic E-state index is 11.8. The SMILES string of the molecule is CSCC[C@H](N)C(=O)NCc1ccccc1CC(=O)O. The minimum Gasteiger partial charge on any atom is -0.481 e. The highest BCUT2D eigenvalue weighted by atomic mass is 32.2. The smallest absolute Gasteiger partial charge is 0.307 e. The van der Waals surface area contributed by atoms with E-state index in [4.69, 9.17) is 10.8 Å². The van der Waals surface area contributed by atoms with Gasteiger partial charge >= 0.3 is 5.97 Å². The summed E-state index contributed by atoms with van der Waals surface area (Å²) < 4.78 is 0. The zero-order chi connectivity index (χ0) is 15.0. The summed E-state index contributed by atoms with van der Waals surface area (Å²) in [5.41, 5.74) is 7.28. The summed E-state index contributed by atoms with van der Waals surface area (Å²) >= 11 is 1.65. The van der Waals surface area contributed by atoms with Crippen molar-refractivity contribution in [1.29, 1.82) is 0 Å². The van der Waals surface area contributed by atoms with Crippen LogP contribution in [-0.2, 0) is 22.6 Å². The number of nitrogens with two attached hydrogens (primary N) is 1. The van der Waals surface area contributed by atoms with Gasteiger partial charge in [0.05, 0.1) is 12.5 Å². The molecule has 0 radical (unpaired) electrons. The van der Waals surface area contributed by atoms with Crippen molar-refractivity contribution in [2.24, 2.45) is 5.73 Å². The number of hydrogen-bond donors (Lipinski definition) is 3. The number of aliphatic carboxylic acids is 1. The van der Waals surface area contributed by atoms with Crippen LogP contribution in [0.5, 0.6) is 0 Å². The Labute approximate surface area is 122 Å². The maximum Gasteiger partial charge on any atom is 0.307 e. The van der Waals surface area contributed by atoms with E-state index in [1.165, 1.54) is 0 Å². The number of carbonyl (C=O) groups is 2. The zero-order valence-electron chi connectivity index (χ0n) is 11.5. The van der Waals surface area contributed by atoms with E-state index in [1.54, 1.807) is 23.9 Å². The number of rotatable bonds is 8. The van der Waals surface area contributed by atoms with Gasteiger partial charge in [0, 0.05) is 6.54 Å². The first-order chi connectivity index (χ1) is 9.54. The topological polar surface area (TPSA) is 92.4 Å². The lowest BCUT2D eigenvalue weighted by molar-refractivity contribution is -0.136. The molecule has 0 aliphatic heterocycles. The van der Waals surface area contributed by atoms with Crippen molar-refractivity contribution in [2.45, 2.75) is 25.4 Å². The van der Waals surface area contributed by atoms with Crippen LogP contribution in [0, 0.1) is 0 Å². The number of benzene rings is 1. The van der Waals surface area contributed by atoms with E-state index in [1.807, 2.05) is 18.4 Å². The van der Waals surface area contributed by atoms with Crippen LogP contribution in [0.1, 0.15) is 17.5 Å². The van der Waals surface area contributed by atoms with E-state index in [-0.39, 0.29) is 12.3 Å². The lowest BCUT2D eigenvalue weighted by Gasteiger charge is -2.13. The number of carboxylic acid groups (broad SMARTS) is 1. The Morgan fingerprint density at radius 1 is 1.35 bits per heavy atom. The first-order valence-electron chi connectivity index (χ1n) is 6.35. The van der Waals surface area contributed by atoms with Gasteiger partial charge in [-0.1, -0.05) is 24.3 Å². The van der Waals surface area contributed by atoms with Gasteiger partial charge in [-0.25, -0.2) is 0 Å². The molecule has 0 aromatic heterocycles. The van der Waals surface area contributed by atoms with Crippen molar-refractivity contribution in [3.63, 3.8) is 0 Å². The normalized spacial score (nSPS) is 11.9. The average Bonchev–Trinajstić information content (AvgIpc) is 2.42. The molecule has 0 fully saturated rings. The van der Waals surface area contributed by atoms with E-state index < -0.39 is 12.0 Å². The third-order valence-corrected chi connectivity index (χ3v) is 3.53. The summed E-state index contributed by atoms with van der Waals surface area (Å²) in [6.45, 7) is 0.301. The Hall–Kier alpha value is -1.53. The summed E-state index contributed by atoms with van der Waals surface area (Å²) in [7, 11) is 0. The molecular formula is C14H20N2O3S. The molecule has 1 aromatic carbocycles. The fourth-order valence-electron chi connectivity index (χ4n) is 1.75. The quantitative estimate of drug-likeness (QED) is 0.666. The summed E-state index contributed by atoms with van der Waals surface area (Å²) in [4.78, 5) is 22.6. The van der Waals surface area contributed by atoms with Gasteiger partial charge in [-0.3, -0.25) is 9.59 Å². The molecule has 1 rings (SSSR count). The first-order valence-corrected chi connectivity index (χ1v) is 7.74. The zero-order valence-corrected chi connectivity index (χ0v) is 12.3. The van der Waals surface area contributed by atoms with Crippen LogP contribution in [0.15, 0.2) is 24.3 Å². The summed E-state index contributed by atoms with van der Waals surface area (Å²) in [5.74, 6) is -0.255. The van der Waals surface area contributed by atoms with Gasteiger partial charge in [-0.2, -0.15) is 11.8 Å². The van der Waals surface area contributed by atoms with Crippen molar-refractivity contribution in [3.05, 3.63) is 35.4 Å². The molecule has 0 aliphatic carbocycles. The fourth-order valence-corrected chi connectivity index (χ4v) is 2.24. The van der Waals surface area contributed by atoms with Crippen LogP contribution in [-0.4, -0.2) is 35.0 Å². The Morgan fingerprint density at radius 2 is 2.00 bits per heavy atom. The van der Waals surface area contributed by atoms with E-state index in [9.17, 15) is 9.59 Å². The molecule has 1 amide bonds. The number of carbonyl (C=O) groups excluding carboxylic acids is 1. The Balaban J connectivity index is 2.56. The second-order valence-electron chi connectivity index (χ2n) is 4.44. The maximum atomic E-state index is 11.8. The van der Waals surface area contributed by atoms with E-state index in [0.717, 1.165) is 11.3 Å². The fraction of sp³-hybridized carbons (Fsp3) is 0.429. The van der Waals surface area contributed by atoms with Crippen LogP contribution in [0.25, 0.3) is 0 Å². The minimum atomic E-state index is -0.888. The lowest BCUT2D eigenvalue weighted by atomic mass is 10.0. The van der Waals surface area contributed by atoms with Gasteiger partial charge in [0.15, 0.2) is 0 Å². The predicted octanol–water partition coefficient (Wildman–Crippen LogP) is 1.01. The molecule has 6 heteroatoms. The summed E-state index contributed by atoms with van der Waals surface area (Å²) in [6, 6.07) is 6.65. The van der Waals surface area contributed by atoms with Gasteiger partial charge < -0.3 is 16.2 Å². The molecular weight excluding hydrogens is 276 g/mol. The van der Waals surface area contributed by atoms with Crippen LogP contribution in [0.2, 0.25) is 0 Å². The minimum absolute atomic E-state index is 0.0510. The van der Waals surface area contributed by atoms with Crippen molar-refractivity contribution in [1.82, 2.24) is 5.32 Å². The number of carboxylic acids is 1. The summed E-state index contributed by atoms with van der Waals surface area (Å²) in [5, 5.41) is 11.6. The number of thioether (sulfide) groups is 1. The molecule has 20 heavy (non-hydrogen) atoms. The monoisotopic (exact) mass is 296 g/mol. The van der Waals surface area contributed by atoms with E-state index >= 15 is 0 Å². The predicted molar refractivity (Wildman–Crippen MR) is 80.6 cm³/mol. The molecule has 0 bridgehead atoms. The number of hydrogen-bond acceptors (Lipinski definition) is 4. The molecule has 1 aromatic rings. The number of amides is 1. The van der Waals surface area contributed by atoms with Crippen molar-refractivity contribution in [2.75, 3.05) is 12.0 Å². The van der Waals surface area contributed by atoms with Crippen LogP contribution >= 0.6 is 11.8 Å². The molecule has 4 N–H and O–H groups in total. The molecule has 0 saturated heterocycles. The first kappa shape index (κ1) is 16.5. The average molecular weight is 296 g/mol. The van der Waals surface area contributed by atoms with Gasteiger partial charge in [-0.05, 0) is 29.6 Å². The van der Waals surface area contributed by atoms with Crippen molar-refractivity contribution >= 4 is 23.6 Å². The highest BCUT2D eigenvalue weighted by Gasteiger charge is 2.13. The Morgan fingerprint density at radius 3 is 2.60 bits per heavy atom. The van der Waals surface area contributed by atoms with Crippen molar-refractivity contribution < 1.29 is 14.7 Å². The largest absolute Gasteiger partial charge is 0.481 e. The summed E-state index contributed by atoms with van der Waals surface area (Å²) in [6.07, 6.45) is 2.54. The standard InChI is InChI=1S/C14H20N2O3S/c1-20-7-6-12(15)14(19)16-9-11-5-3-2-4-10(11)8-13(17)18/h2-5,12H,6-9,15H2,1H3,(H,16,19)(H,17,18)/t12-/m0/s1. The molecule has 0 spiro atoms. The lowest BCUT2D eigenvalue weighted by Crippen LogP contribution is -2.40. The molecule has 0 heterocycles. The van der Waals surface area contributed by atoms with E-state index in [0.29, 0.717) is 18.5 Å². The van der Waals surface area contributed by atoms with Gasteiger partial charge in [0.1, 0.15) is 0 Å². The van der Waals surface area contributed by atoms with Crippen LogP contribution in [0.3, 0.4) is 0 Å². The highest BCUT2D eigenvalue weighted by molar-refractivity contribution is 7.98. The molecule has 110 valence electrons. The second-order valence-corrected chi connectivity index (χ2v) is 5.43. The second kappa shape index (κ2) is 8.60. The van der Waals surface area contributed by atoms with E-state index in [2.05, 4.69) is 5.32 Å². The molecule has 0 saturated carbocycles. The van der Waals surface area contributed by atoms with Gasteiger partial charge in [0.25, 0.3) is 0 Å². The molecule has 0 unspecified atom stereocenters. The third-order valence-electron chi connectivity index (χ3n) is 2.88.